The summed E-state index contributed by atoms with van der Waals surface area (Å²) in [6, 6.07) is 13.5. The van der Waals surface area contributed by atoms with Gasteiger partial charge in [-0.05, 0) is 47.5 Å². The van der Waals surface area contributed by atoms with Gasteiger partial charge in [0.1, 0.15) is 17.9 Å². The quantitative estimate of drug-likeness (QED) is 0.478. The van der Waals surface area contributed by atoms with Crippen molar-refractivity contribution >= 4 is 44.0 Å². The zero-order valence-electron chi connectivity index (χ0n) is 20.1. The molecule has 14 heteroatoms. The van der Waals surface area contributed by atoms with Crippen LogP contribution < -0.4 is 4.74 Å². The van der Waals surface area contributed by atoms with Crippen molar-refractivity contribution in [1.29, 1.82) is 5.26 Å². The minimum atomic E-state index is -5.08. The molecule has 2 heterocycles. The highest BCUT2D eigenvalue weighted by molar-refractivity contribution is 7.89. The number of likely N-dealkylation sites (tertiary alicyclic amines) is 1. The average molecular weight is 570 g/mol. The van der Waals surface area contributed by atoms with E-state index in [1.807, 2.05) is 12.1 Å². The van der Waals surface area contributed by atoms with E-state index in [-0.39, 0.29) is 10.8 Å². The van der Waals surface area contributed by atoms with Gasteiger partial charge in [0.25, 0.3) is 0 Å². The summed E-state index contributed by atoms with van der Waals surface area (Å²) >= 11 is 1.42. The van der Waals surface area contributed by atoms with Gasteiger partial charge in [-0.2, -0.15) is 22.7 Å². The molecule has 1 saturated heterocycles. The number of sulfonamides is 1. The number of likely N-dealkylation sites (N-methyl/N-ethyl adjacent to an activating group) is 1. The first-order valence-electron chi connectivity index (χ1n) is 10.9. The maximum atomic E-state index is 13.3. The lowest BCUT2D eigenvalue weighted by Gasteiger charge is -2.23. The van der Waals surface area contributed by atoms with Gasteiger partial charge < -0.3 is 14.7 Å². The predicted molar refractivity (Wildman–Crippen MR) is 132 cm³/mol. The summed E-state index contributed by atoms with van der Waals surface area (Å²) in [7, 11) is -0.844. The van der Waals surface area contributed by atoms with E-state index >= 15 is 0 Å². The molecule has 0 unspecified atom stereocenters. The van der Waals surface area contributed by atoms with E-state index in [9.17, 15) is 26.4 Å². The number of carbonyl (C=O) groups is 2. The van der Waals surface area contributed by atoms with Crippen LogP contribution in [0.25, 0.3) is 10.8 Å². The molecule has 3 aromatic rings. The van der Waals surface area contributed by atoms with Crippen molar-refractivity contribution in [3.8, 4) is 11.8 Å². The predicted octanol–water partition coefficient (Wildman–Crippen LogP) is 3.84. The summed E-state index contributed by atoms with van der Waals surface area (Å²) < 4.78 is 64.7. The van der Waals surface area contributed by atoms with Crippen LogP contribution in [0.4, 0.5) is 13.2 Å². The number of aliphatic carboxylic acids is 1. The minimum Gasteiger partial charge on any atom is -0.497 e. The third-order valence-electron chi connectivity index (χ3n) is 5.78. The molecule has 0 saturated carbocycles. The fraction of sp³-hybridized carbons (Fsp3) is 0.292. The summed E-state index contributed by atoms with van der Waals surface area (Å²) in [4.78, 5) is 24.5. The van der Waals surface area contributed by atoms with Crippen molar-refractivity contribution in [2.45, 2.75) is 30.1 Å². The number of halogens is 3. The first-order valence-corrected chi connectivity index (χ1v) is 13.2. The van der Waals surface area contributed by atoms with Gasteiger partial charge in [-0.15, -0.1) is 11.3 Å². The summed E-state index contributed by atoms with van der Waals surface area (Å²) in [5, 5.41) is 19.5. The lowest BCUT2D eigenvalue weighted by Crippen LogP contribution is -2.42. The maximum Gasteiger partial charge on any atom is 0.490 e. The number of methoxy groups -OCH3 is 1. The van der Waals surface area contributed by atoms with Crippen LogP contribution in [0.2, 0.25) is 0 Å². The van der Waals surface area contributed by atoms with Gasteiger partial charge in [-0.1, -0.05) is 12.1 Å². The van der Waals surface area contributed by atoms with Crippen molar-refractivity contribution < 1.29 is 41.0 Å². The van der Waals surface area contributed by atoms with Crippen molar-refractivity contribution in [1.82, 2.24) is 9.21 Å². The van der Waals surface area contributed by atoms with Gasteiger partial charge in [0, 0.05) is 23.8 Å². The van der Waals surface area contributed by atoms with Gasteiger partial charge in [0.15, 0.2) is 0 Å². The molecule has 1 aliphatic rings. The molecule has 2 aromatic carbocycles. The third-order valence-corrected chi connectivity index (χ3v) is 8.56. The molecule has 4 rings (SSSR count). The lowest BCUT2D eigenvalue weighted by atomic mass is 10.1. The maximum absolute atomic E-state index is 13.3. The van der Waals surface area contributed by atoms with Crippen LogP contribution in [-0.2, 0) is 26.2 Å². The number of ether oxygens (including phenoxy) is 1. The van der Waals surface area contributed by atoms with Gasteiger partial charge in [0.2, 0.25) is 15.9 Å². The van der Waals surface area contributed by atoms with Crippen molar-refractivity contribution in [3.63, 3.8) is 0 Å². The van der Waals surface area contributed by atoms with E-state index in [1.54, 1.807) is 47.7 Å². The SMILES string of the molecule is COc1ccc2ccc(S(=O)(=O)N(C)[C@H]3CCN(Cc4cc(C#N)cs4)C3=O)cc2c1.O=C(O)C(F)(F)F. The average Bonchev–Trinajstić information content (AvgIpc) is 3.49. The number of carbonyl (C=O) groups excluding carboxylic acids is 1. The first-order chi connectivity index (χ1) is 17.8. The lowest BCUT2D eigenvalue weighted by molar-refractivity contribution is -0.192. The Hall–Kier alpha value is -3.67. The van der Waals surface area contributed by atoms with E-state index in [1.165, 1.54) is 22.7 Å². The Bertz CT molecular complexity index is 1500. The van der Waals surface area contributed by atoms with Crippen LogP contribution in [0.3, 0.4) is 0 Å². The number of nitrogens with zero attached hydrogens (tertiary/aromatic N) is 3. The fourth-order valence-corrected chi connectivity index (χ4v) is 5.95. The summed E-state index contributed by atoms with van der Waals surface area (Å²) in [5.41, 5.74) is 0.566. The van der Waals surface area contributed by atoms with Gasteiger partial charge in [0.05, 0.1) is 24.1 Å². The number of fused-ring (bicyclic) bond motifs is 1. The molecule has 1 N–H and O–H groups in total. The second-order valence-electron chi connectivity index (χ2n) is 8.18. The fourth-order valence-electron chi connectivity index (χ4n) is 3.75. The van der Waals surface area contributed by atoms with Crippen LogP contribution >= 0.6 is 11.3 Å². The minimum absolute atomic E-state index is 0.138. The van der Waals surface area contributed by atoms with Crippen LogP contribution in [0.15, 0.2) is 52.7 Å². The molecule has 0 aliphatic carbocycles. The number of thiophene rings is 1. The number of carboxylic acids is 1. The van der Waals surface area contributed by atoms with Gasteiger partial charge in [-0.3, -0.25) is 4.79 Å². The smallest absolute Gasteiger partial charge is 0.490 e. The Morgan fingerprint density at radius 2 is 1.89 bits per heavy atom. The zero-order chi connectivity index (χ0) is 28.3. The highest BCUT2D eigenvalue weighted by Gasteiger charge is 2.40. The van der Waals surface area contributed by atoms with Gasteiger partial charge >= 0.3 is 12.1 Å². The van der Waals surface area contributed by atoms with Crippen LogP contribution in [0, 0.1) is 11.3 Å². The van der Waals surface area contributed by atoms with Crippen molar-refractivity contribution in [3.05, 3.63) is 58.3 Å². The Morgan fingerprint density at radius 3 is 2.47 bits per heavy atom. The van der Waals surface area contributed by atoms with Crippen LogP contribution in [0.1, 0.15) is 16.9 Å². The standard InChI is InChI=1S/C22H21N3O4S2.C2HF3O2/c1-24(21-7-8-25(22(21)26)13-19-9-15(12-23)14-30-19)31(27,28)20-6-4-16-3-5-18(29-2)10-17(16)11-20;3-2(4,5)1(6)7/h3-6,9-11,14,21H,7-8,13H2,1-2H3;(H,6,7)/t21-;/m0./s1. The molecule has 1 fully saturated rings. The molecule has 1 amide bonds. The number of rotatable bonds is 6. The summed E-state index contributed by atoms with van der Waals surface area (Å²) in [6.45, 7) is 0.851. The Labute approximate surface area is 220 Å². The van der Waals surface area contributed by atoms with Crippen LogP contribution in [-0.4, -0.2) is 67.5 Å². The molecule has 1 aromatic heterocycles. The Kier molecular flexibility index (Phi) is 8.65. The molecule has 0 radical (unpaired) electrons. The number of nitriles is 1. The normalized spacial score (nSPS) is 15.8. The van der Waals surface area contributed by atoms with E-state index in [0.717, 1.165) is 15.6 Å². The third kappa shape index (κ3) is 6.42. The van der Waals surface area contributed by atoms with Crippen molar-refractivity contribution in [2.24, 2.45) is 0 Å². The second kappa shape index (κ2) is 11.4. The molecular formula is C24H22F3N3O6S2. The molecule has 38 heavy (non-hydrogen) atoms. The van der Waals surface area contributed by atoms with E-state index in [2.05, 4.69) is 6.07 Å². The van der Waals surface area contributed by atoms with Crippen LogP contribution in [0.5, 0.6) is 5.75 Å². The number of hydrogen-bond acceptors (Lipinski definition) is 7. The zero-order valence-corrected chi connectivity index (χ0v) is 21.7. The number of amides is 1. The highest BCUT2D eigenvalue weighted by atomic mass is 32.2. The summed E-state index contributed by atoms with van der Waals surface area (Å²) in [5.74, 6) is -2.34. The van der Waals surface area contributed by atoms with E-state index < -0.39 is 28.2 Å². The molecule has 1 atom stereocenters. The molecule has 202 valence electrons. The second-order valence-corrected chi connectivity index (χ2v) is 11.2. The number of benzene rings is 2. The summed E-state index contributed by atoms with van der Waals surface area (Å²) in [6.07, 6.45) is -4.66. The Morgan fingerprint density at radius 1 is 1.24 bits per heavy atom. The molecule has 1 aliphatic heterocycles. The topological polar surface area (TPSA) is 128 Å². The van der Waals surface area contributed by atoms with E-state index in [0.29, 0.717) is 30.8 Å². The largest absolute Gasteiger partial charge is 0.497 e. The molecule has 9 nitrogen and oxygen atoms in total. The van der Waals surface area contributed by atoms with E-state index in [4.69, 9.17) is 19.9 Å². The Balaban J connectivity index is 0.000000505. The first kappa shape index (κ1) is 28.9. The van der Waals surface area contributed by atoms with Gasteiger partial charge in [-0.25, -0.2) is 13.2 Å². The molecule has 0 spiro atoms. The molecule has 0 bridgehead atoms. The van der Waals surface area contributed by atoms with Crippen molar-refractivity contribution in [2.75, 3.05) is 20.7 Å². The monoisotopic (exact) mass is 569 g/mol. The number of carboxylic acid groups (broad SMARTS) is 1. The highest BCUT2D eigenvalue weighted by Crippen LogP contribution is 2.28. The number of hydrogen-bond donors (Lipinski definition) is 1. The molecular weight excluding hydrogens is 547 g/mol. The number of alkyl halides is 3.